The van der Waals surface area contributed by atoms with Crippen LogP contribution in [0.2, 0.25) is 0 Å². The lowest BCUT2D eigenvalue weighted by atomic mass is 9.74. The smallest absolute Gasteiger partial charge is 0.313 e. The van der Waals surface area contributed by atoms with Gasteiger partial charge in [-0.3, -0.25) is 9.69 Å². The number of ether oxygens (including phenoxy) is 1. The molecule has 0 saturated carbocycles. The van der Waals surface area contributed by atoms with Gasteiger partial charge in [0.05, 0.1) is 24.3 Å². The molecular formula is C21H25FN2O3. The van der Waals surface area contributed by atoms with E-state index in [1.54, 1.807) is 6.07 Å². The summed E-state index contributed by atoms with van der Waals surface area (Å²) in [6.07, 6.45) is 7.89. The number of hydrogen-bond acceptors (Lipinski definition) is 5. The number of piperidine rings is 1. The predicted molar refractivity (Wildman–Crippen MR) is 101 cm³/mol. The highest BCUT2D eigenvalue weighted by atomic mass is 19.1. The van der Waals surface area contributed by atoms with Crippen LogP contribution in [0, 0.1) is 23.6 Å². The van der Waals surface area contributed by atoms with Crippen molar-refractivity contribution in [1.82, 2.24) is 4.90 Å². The van der Waals surface area contributed by atoms with Gasteiger partial charge in [-0.1, -0.05) is 23.2 Å². The average Bonchev–Trinajstić information content (AvgIpc) is 3.11. The minimum Gasteiger partial charge on any atom is -0.466 e. The Morgan fingerprint density at radius 1 is 1.56 bits per heavy atom. The Hall–Kier alpha value is -2.39. The van der Waals surface area contributed by atoms with Gasteiger partial charge in [0, 0.05) is 24.9 Å². The number of oxime groups is 1. The summed E-state index contributed by atoms with van der Waals surface area (Å²) in [5, 5.41) is 4.14. The van der Waals surface area contributed by atoms with E-state index in [4.69, 9.17) is 16.0 Å². The van der Waals surface area contributed by atoms with Crippen molar-refractivity contribution in [2.75, 3.05) is 26.2 Å². The normalized spacial score (nSPS) is 25.4. The van der Waals surface area contributed by atoms with Crippen molar-refractivity contribution in [3.63, 3.8) is 0 Å². The maximum Gasteiger partial charge on any atom is 0.313 e. The summed E-state index contributed by atoms with van der Waals surface area (Å²) >= 11 is 0. The van der Waals surface area contributed by atoms with E-state index in [2.05, 4.69) is 16.0 Å². The molecule has 5 nitrogen and oxygen atoms in total. The minimum atomic E-state index is -0.650. The third-order valence-electron chi connectivity index (χ3n) is 5.19. The maximum atomic E-state index is 13.5. The summed E-state index contributed by atoms with van der Waals surface area (Å²) in [7, 11) is 0. The van der Waals surface area contributed by atoms with E-state index in [0.717, 1.165) is 19.4 Å². The SMILES string of the molecule is C#CCN1CCC[C@](C[C@H]2CC(c3cccc(F)c3)=NO2)(C(=O)OCC)C1. The number of nitrogens with zero attached hydrogens (tertiary/aromatic N) is 2. The first-order valence-electron chi connectivity index (χ1n) is 9.38. The molecule has 1 aromatic carbocycles. The topological polar surface area (TPSA) is 51.1 Å². The first-order valence-corrected chi connectivity index (χ1v) is 9.38. The Labute approximate surface area is 159 Å². The Morgan fingerprint density at radius 2 is 2.41 bits per heavy atom. The Kier molecular flexibility index (Phi) is 6.12. The maximum absolute atomic E-state index is 13.5. The molecule has 2 heterocycles. The summed E-state index contributed by atoms with van der Waals surface area (Å²) in [6, 6.07) is 6.31. The van der Waals surface area contributed by atoms with Crippen molar-refractivity contribution in [3.05, 3.63) is 35.6 Å². The van der Waals surface area contributed by atoms with Crippen LogP contribution >= 0.6 is 0 Å². The van der Waals surface area contributed by atoms with Gasteiger partial charge in [0.2, 0.25) is 0 Å². The summed E-state index contributed by atoms with van der Waals surface area (Å²) in [5.74, 6) is 2.15. The lowest BCUT2D eigenvalue weighted by Crippen LogP contribution is -2.50. The van der Waals surface area contributed by atoms with Gasteiger partial charge in [0.25, 0.3) is 0 Å². The van der Waals surface area contributed by atoms with Crippen LogP contribution in [0.1, 0.15) is 38.2 Å². The van der Waals surface area contributed by atoms with Gasteiger partial charge >= 0.3 is 5.97 Å². The van der Waals surface area contributed by atoms with Crippen LogP contribution in [0.15, 0.2) is 29.4 Å². The lowest BCUT2D eigenvalue weighted by Gasteiger charge is -2.41. The molecule has 0 N–H and O–H groups in total. The second-order valence-corrected chi connectivity index (χ2v) is 7.20. The molecule has 0 spiro atoms. The molecule has 0 aliphatic carbocycles. The zero-order chi connectivity index (χ0) is 19.3. The van der Waals surface area contributed by atoms with E-state index >= 15 is 0 Å². The zero-order valence-corrected chi connectivity index (χ0v) is 15.6. The second-order valence-electron chi connectivity index (χ2n) is 7.20. The lowest BCUT2D eigenvalue weighted by molar-refractivity contribution is -0.162. The first kappa shape index (κ1) is 19.4. The van der Waals surface area contributed by atoms with Gasteiger partial charge in [-0.15, -0.1) is 6.42 Å². The fourth-order valence-corrected chi connectivity index (χ4v) is 4.00. The van der Waals surface area contributed by atoms with E-state index in [9.17, 15) is 9.18 Å². The molecule has 0 aromatic heterocycles. The van der Waals surface area contributed by atoms with Gasteiger partial charge < -0.3 is 9.57 Å². The summed E-state index contributed by atoms with van der Waals surface area (Å²) in [4.78, 5) is 20.5. The van der Waals surface area contributed by atoms with Crippen molar-refractivity contribution in [2.24, 2.45) is 10.6 Å². The van der Waals surface area contributed by atoms with Crippen molar-refractivity contribution in [1.29, 1.82) is 0 Å². The third-order valence-corrected chi connectivity index (χ3v) is 5.19. The number of carbonyl (C=O) groups is 1. The summed E-state index contributed by atoms with van der Waals surface area (Å²) in [5.41, 5.74) is 0.762. The number of halogens is 1. The van der Waals surface area contributed by atoms with Crippen LogP contribution in [0.4, 0.5) is 4.39 Å². The van der Waals surface area contributed by atoms with E-state index in [-0.39, 0.29) is 17.9 Å². The zero-order valence-electron chi connectivity index (χ0n) is 15.6. The molecule has 1 fully saturated rings. The van der Waals surface area contributed by atoms with Gasteiger partial charge in [0.15, 0.2) is 0 Å². The van der Waals surface area contributed by atoms with E-state index in [1.807, 2.05) is 13.0 Å². The minimum absolute atomic E-state index is 0.200. The van der Waals surface area contributed by atoms with Crippen LogP contribution in [-0.4, -0.2) is 48.9 Å². The highest BCUT2D eigenvalue weighted by Crippen LogP contribution is 2.38. The predicted octanol–water partition coefficient (Wildman–Crippen LogP) is 2.99. The molecule has 3 rings (SSSR count). The molecule has 2 atom stereocenters. The van der Waals surface area contributed by atoms with Crippen LogP contribution in [0.5, 0.6) is 0 Å². The number of terminal acetylenes is 1. The van der Waals surface area contributed by atoms with Crippen LogP contribution < -0.4 is 0 Å². The van der Waals surface area contributed by atoms with E-state index < -0.39 is 5.41 Å². The fraction of sp³-hybridized carbons (Fsp3) is 0.524. The molecule has 0 radical (unpaired) electrons. The molecule has 0 amide bonds. The Bertz CT molecular complexity index is 758. The second kappa shape index (κ2) is 8.53. The number of benzene rings is 1. The van der Waals surface area contributed by atoms with Crippen molar-refractivity contribution >= 4 is 11.7 Å². The fourth-order valence-electron chi connectivity index (χ4n) is 4.00. The van der Waals surface area contributed by atoms with Crippen molar-refractivity contribution in [3.8, 4) is 12.3 Å². The number of hydrogen-bond donors (Lipinski definition) is 0. The van der Waals surface area contributed by atoms with Crippen LogP contribution in [-0.2, 0) is 14.4 Å². The van der Waals surface area contributed by atoms with Gasteiger partial charge in [-0.25, -0.2) is 4.39 Å². The van der Waals surface area contributed by atoms with Gasteiger partial charge in [0.1, 0.15) is 11.9 Å². The summed E-state index contributed by atoms with van der Waals surface area (Å²) in [6.45, 7) is 4.10. The summed E-state index contributed by atoms with van der Waals surface area (Å²) < 4.78 is 18.9. The Balaban J connectivity index is 1.72. The van der Waals surface area contributed by atoms with Crippen LogP contribution in [0.3, 0.4) is 0 Å². The number of carbonyl (C=O) groups excluding carboxylic acids is 1. The van der Waals surface area contributed by atoms with Gasteiger partial charge in [-0.2, -0.15) is 0 Å². The molecular weight excluding hydrogens is 347 g/mol. The largest absolute Gasteiger partial charge is 0.466 e. The molecule has 27 heavy (non-hydrogen) atoms. The monoisotopic (exact) mass is 372 g/mol. The number of esters is 1. The quantitative estimate of drug-likeness (QED) is 0.569. The highest BCUT2D eigenvalue weighted by molar-refractivity contribution is 6.01. The molecule has 2 aliphatic heterocycles. The number of rotatable bonds is 6. The van der Waals surface area contributed by atoms with Crippen LogP contribution in [0.25, 0.3) is 0 Å². The van der Waals surface area contributed by atoms with E-state index in [0.29, 0.717) is 43.8 Å². The highest BCUT2D eigenvalue weighted by Gasteiger charge is 2.46. The third kappa shape index (κ3) is 4.48. The van der Waals surface area contributed by atoms with E-state index in [1.165, 1.54) is 12.1 Å². The molecule has 144 valence electrons. The first-order chi connectivity index (χ1) is 13.1. The standard InChI is InChI=1S/C21H25FN2O3/c1-3-10-24-11-6-9-21(15-24,20(25)26-4-2)14-18-13-19(23-27-18)16-7-5-8-17(22)12-16/h1,5,7-8,12,18H,4,6,9-11,13-15H2,2H3/t18-,21-/m1/s1. The molecule has 6 heteroatoms. The number of likely N-dealkylation sites (tertiary alicyclic amines) is 1. The molecule has 1 saturated heterocycles. The Morgan fingerprint density at radius 3 is 3.15 bits per heavy atom. The molecule has 2 aliphatic rings. The van der Waals surface area contributed by atoms with Crippen molar-refractivity contribution < 1.29 is 18.8 Å². The van der Waals surface area contributed by atoms with Crippen molar-refractivity contribution in [2.45, 2.75) is 38.7 Å². The molecule has 1 aromatic rings. The molecule has 0 unspecified atom stereocenters. The van der Waals surface area contributed by atoms with Gasteiger partial charge in [-0.05, 0) is 38.4 Å². The molecule has 0 bridgehead atoms. The average molecular weight is 372 g/mol.